The summed E-state index contributed by atoms with van der Waals surface area (Å²) in [6.45, 7) is 0.664. The number of carbonyl (C=O) groups excluding carboxylic acids is 1. The van der Waals surface area contributed by atoms with Gasteiger partial charge in [-0.15, -0.1) is 23.5 Å². The van der Waals surface area contributed by atoms with E-state index in [1.165, 1.54) is 5.56 Å². The second-order valence-electron chi connectivity index (χ2n) is 4.49. The van der Waals surface area contributed by atoms with Gasteiger partial charge in [0.15, 0.2) is 0 Å². The second kappa shape index (κ2) is 9.92. The molecule has 1 aromatic carbocycles. The number of nitrogens with zero attached hydrogens (tertiary/aromatic N) is 1. The number of thioether (sulfide) groups is 2. The molecule has 0 aliphatic rings. The van der Waals surface area contributed by atoms with Gasteiger partial charge in [-0.2, -0.15) is 0 Å². The van der Waals surface area contributed by atoms with E-state index in [2.05, 4.69) is 38.4 Å². The summed E-state index contributed by atoms with van der Waals surface area (Å²) >= 11 is 6.72. The molecule has 0 atom stereocenters. The average molecular weight is 397 g/mol. The predicted octanol–water partition coefficient (Wildman–Crippen LogP) is 3.99. The van der Waals surface area contributed by atoms with Crippen LogP contribution in [-0.4, -0.2) is 28.9 Å². The number of halogens is 1. The first-order valence-corrected chi connectivity index (χ1v) is 9.80. The lowest BCUT2D eigenvalue weighted by Crippen LogP contribution is -2.27. The zero-order valence-corrected chi connectivity index (χ0v) is 15.2. The highest BCUT2D eigenvalue weighted by molar-refractivity contribution is 9.10. The van der Waals surface area contributed by atoms with Gasteiger partial charge in [-0.05, 0) is 29.8 Å². The zero-order valence-electron chi connectivity index (χ0n) is 12.0. The van der Waals surface area contributed by atoms with Crippen molar-refractivity contribution in [2.45, 2.75) is 10.8 Å². The first-order chi connectivity index (χ1) is 10.7. The smallest absolute Gasteiger partial charge is 0.230 e. The number of amides is 1. The molecule has 6 heteroatoms. The van der Waals surface area contributed by atoms with Crippen LogP contribution in [-0.2, 0) is 10.5 Å². The molecule has 0 aliphatic carbocycles. The number of benzene rings is 1. The Kier molecular flexibility index (Phi) is 7.83. The first-order valence-electron chi connectivity index (χ1n) is 6.87. The molecule has 22 heavy (non-hydrogen) atoms. The molecule has 0 fully saturated rings. The van der Waals surface area contributed by atoms with Gasteiger partial charge in [-0.1, -0.05) is 34.1 Å². The fraction of sp³-hybridized carbons (Fsp3) is 0.250. The van der Waals surface area contributed by atoms with E-state index < -0.39 is 0 Å². The lowest BCUT2D eigenvalue weighted by molar-refractivity contribution is -0.118. The summed E-state index contributed by atoms with van der Waals surface area (Å²) in [5, 5.41) is 3.92. The van der Waals surface area contributed by atoms with Crippen LogP contribution in [0.1, 0.15) is 5.56 Å². The second-order valence-corrected chi connectivity index (χ2v) is 7.51. The van der Waals surface area contributed by atoms with Crippen LogP contribution in [0.5, 0.6) is 0 Å². The van der Waals surface area contributed by atoms with Crippen LogP contribution in [0.25, 0.3) is 0 Å². The normalized spacial score (nSPS) is 10.4. The quantitative estimate of drug-likeness (QED) is 0.540. The highest BCUT2D eigenvalue weighted by Crippen LogP contribution is 2.17. The third kappa shape index (κ3) is 6.85. The molecule has 1 N–H and O–H groups in total. The molecule has 0 saturated heterocycles. The molecule has 0 aliphatic heterocycles. The summed E-state index contributed by atoms with van der Waals surface area (Å²) < 4.78 is 1.07. The SMILES string of the molecule is O=C(CSCc1cccc(Br)c1)NCCSc1ccccn1. The topological polar surface area (TPSA) is 42.0 Å². The van der Waals surface area contributed by atoms with Gasteiger partial charge in [0.1, 0.15) is 0 Å². The van der Waals surface area contributed by atoms with E-state index in [1.54, 1.807) is 29.7 Å². The first kappa shape index (κ1) is 17.4. The van der Waals surface area contributed by atoms with E-state index >= 15 is 0 Å². The van der Waals surface area contributed by atoms with Crippen LogP contribution in [0.2, 0.25) is 0 Å². The van der Waals surface area contributed by atoms with Crippen molar-refractivity contribution in [3.05, 3.63) is 58.7 Å². The maximum atomic E-state index is 11.7. The molecule has 1 aromatic heterocycles. The summed E-state index contributed by atoms with van der Waals surface area (Å²) in [6.07, 6.45) is 1.78. The molecule has 3 nitrogen and oxygen atoms in total. The Balaban J connectivity index is 1.56. The number of aromatic nitrogens is 1. The minimum atomic E-state index is 0.0848. The molecule has 1 amide bonds. The zero-order chi connectivity index (χ0) is 15.6. The minimum Gasteiger partial charge on any atom is -0.355 e. The van der Waals surface area contributed by atoms with E-state index in [9.17, 15) is 4.79 Å². The van der Waals surface area contributed by atoms with Crippen molar-refractivity contribution >= 4 is 45.4 Å². The van der Waals surface area contributed by atoms with Gasteiger partial charge in [0.2, 0.25) is 5.91 Å². The Bertz CT molecular complexity index is 596. The van der Waals surface area contributed by atoms with E-state index in [1.807, 2.05) is 30.3 Å². The fourth-order valence-electron chi connectivity index (χ4n) is 1.72. The number of hydrogen-bond donors (Lipinski definition) is 1. The van der Waals surface area contributed by atoms with Crippen molar-refractivity contribution in [3.8, 4) is 0 Å². The van der Waals surface area contributed by atoms with Crippen LogP contribution in [0, 0.1) is 0 Å². The van der Waals surface area contributed by atoms with E-state index in [4.69, 9.17) is 0 Å². The Morgan fingerprint density at radius 3 is 2.91 bits per heavy atom. The summed E-state index contributed by atoms with van der Waals surface area (Å²) in [5.74, 6) is 2.25. The molecule has 1 heterocycles. The Morgan fingerprint density at radius 1 is 1.23 bits per heavy atom. The van der Waals surface area contributed by atoms with Gasteiger partial charge in [-0.25, -0.2) is 4.98 Å². The van der Waals surface area contributed by atoms with Crippen molar-refractivity contribution in [3.63, 3.8) is 0 Å². The van der Waals surface area contributed by atoms with Gasteiger partial charge in [0, 0.05) is 28.7 Å². The van der Waals surface area contributed by atoms with Gasteiger partial charge < -0.3 is 5.32 Å². The maximum absolute atomic E-state index is 11.7. The monoisotopic (exact) mass is 396 g/mol. The molecule has 116 valence electrons. The van der Waals surface area contributed by atoms with Gasteiger partial charge in [0.05, 0.1) is 10.8 Å². The number of carbonyl (C=O) groups is 1. The molecule has 2 rings (SSSR count). The molecule has 0 spiro atoms. The van der Waals surface area contributed by atoms with Crippen molar-refractivity contribution in [1.29, 1.82) is 0 Å². The van der Waals surface area contributed by atoms with Crippen LogP contribution in [0.3, 0.4) is 0 Å². The molecule has 0 saturated carbocycles. The summed E-state index contributed by atoms with van der Waals surface area (Å²) in [5.41, 5.74) is 1.22. The number of pyridine rings is 1. The number of rotatable bonds is 8. The molecule has 0 bridgehead atoms. The van der Waals surface area contributed by atoms with Gasteiger partial charge >= 0.3 is 0 Å². The molecule has 0 radical (unpaired) electrons. The van der Waals surface area contributed by atoms with Crippen LogP contribution in [0.15, 0.2) is 58.2 Å². The lowest BCUT2D eigenvalue weighted by atomic mass is 10.2. The van der Waals surface area contributed by atoms with Crippen LogP contribution < -0.4 is 5.32 Å². The van der Waals surface area contributed by atoms with Crippen molar-refractivity contribution in [1.82, 2.24) is 10.3 Å². The molecular formula is C16H17BrN2OS2. The van der Waals surface area contributed by atoms with Crippen molar-refractivity contribution in [2.24, 2.45) is 0 Å². The van der Waals surface area contributed by atoms with E-state index in [-0.39, 0.29) is 5.91 Å². The Morgan fingerprint density at radius 2 is 2.14 bits per heavy atom. The molecule has 2 aromatic rings. The molecule has 0 unspecified atom stereocenters. The van der Waals surface area contributed by atoms with Crippen molar-refractivity contribution < 1.29 is 4.79 Å². The van der Waals surface area contributed by atoms with E-state index in [0.29, 0.717) is 12.3 Å². The third-order valence-corrected chi connectivity index (χ3v) is 5.15. The van der Waals surface area contributed by atoms with Crippen LogP contribution >= 0.6 is 39.5 Å². The highest BCUT2D eigenvalue weighted by Gasteiger charge is 2.02. The fourth-order valence-corrected chi connectivity index (χ4v) is 3.69. The highest BCUT2D eigenvalue weighted by atomic mass is 79.9. The lowest BCUT2D eigenvalue weighted by Gasteiger charge is -2.05. The summed E-state index contributed by atoms with van der Waals surface area (Å²) in [7, 11) is 0. The average Bonchev–Trinajstić information content (AvgIpc) is 2.53. The van der Waals surface area contributed by atoms with E-state index in [0.717, 1.165) is 21.0 Å². The molecular weight excluding hydrogens is 380 g/mol. The predicted molar refractivity (Wildman–Crippen MR) is 98.3 cm³/mol. The largest absolute Gasteiger partial charge is 0.355 e. The minimum absolute atomic E-state index is 0.0848. The number of hydrogen-bond acceptors (Lipinski definition) is 4. The Hall–Kier alpha value is -0.980. The van der Waals surface area contributed by atoms with Crippen molar-refractivity contribution in [2.75, 3.05) is 18.1 Å². The van der Waals surface area contributed by atoms with Crippen LogP contribution in [0.4, 0.5) is 0 Å². The standard InChI is InChI=1S/C16H17BrN2OS2/c17-14-5-3-4-13(10-14)11-21-12-15(20)18-8-9-22-16-6-1-2-7-19-16/h1-7,10H,8-9,11-12H2,(H,18,20). The van der Waals surface area contributed by atoms with Gasteiger partial charge in [0.25, 0.3) is 0 Å². The third-order valence-electron chi connectivity index (χ3n) is 2.70. The maximum Gasteiger partial charge on any atom is 0.230 e. The summed E-state index contributed by atoms with van der Waals surface area (Å²) in [4.78, 5) is 16.0. The summed E-state index contributed by atoms with van der Waals surface area (Å²) in [6, 6.07) is 14.0. The Labute approximate surface area is 147 Å². The number of nitrogens with one attached hydrogen (secondary N) is 1. The van der Waals surface area contributed by atoms with Gasteiger partial charge in [-0.3, -0.25) is 4.79 Å².